The lowest BCUT2D eigenvalue weighted by Gasteiger charge is -2.22. The van der Waals surface area contributed by atoms with Crippen LogP contribution >= 0.6 is 21.6 Å². The van der Waals surface area contributed by atoms with Crippen molar-refractivity contribution in [3.05, 3.63) is 59.7 Å². The average Bonchev–Trinajstić information content (AvgIpc) is 2.76. The Balaban J connectivity index is 1.99. The molecule has 0 aliphatic heterocycles. The second-order valence-electron chi connectivity index (χ2n) is 10.1. The molecular weight excluding hydrogens is 533 g/mol. The highest BCUT2D eigenvalue weighted by Gasteiger charge is 2.23. The zero-order chi connectivity index (χ0) is 26.9. The van der Waals surface area contributed by atoms with Crippen LogP contribution in [0.25, 0.3) is 0 Å². The molecule has 0 unspecified atom stereocenters. The van der Waals surface area contributed by atoms with Gasteiger partial charge in [-0.25, -0.2) is 26.3 Å². The van der Waals surface area contributed by atoms with E-state index in [0.29, 0.717) is 36.2 Å². The number of hydrogen-bond donors (Lipinski definition) is 2. The Bertz CT molecular complexity index is 1050. The van der Waals surface area contributed by atoms with Crippen LogP contribution in [-0.2, 0) is 20.0 Å². The van der Waals surface area contributed by atoms with E-state index in [4.69, 9.17) is 0 Å². The van der Waals surface area contributed by atoms with Crippen molar-refractivity contribution in [2.75, 3.05) is 11.5 Å². The molecule has 2 aromatic carbocycles. The lowest BCUT2D eigenvalue weighted by atomic mass is 10.1. The topological polar surface area (TPSA) is 92.3 Å². The molecule has 36 heavy (non-hydrogen) atoms. The van der Waals surface area contributed by atoms with Crippen molar-refractivity contribution in [2.45, 2.75) is 76.3 Å². The Morgan fingerprint density at radius 1 is 0.611 bits per heavy atom. The number of benzene rings is 2. The van der Waals surface area contributed by atoms with Gasteiger partial charge in [0.2, 0.25) is 20.0 Å². The fourth-order valence-corrected chi connectivity index (χ4v) is 8.94. The molecule has 0 amide bonds. The van der Waals surface area contributed by atoms with Gasteiger partial charge in [-0.2, -0.15) is 0 Å². The van der Waals surface area contributed by atoms with E-state index in [-0.39, 0.29) is 21.9 Å². The van der Waals surface area contributed by atoms with Gasteiger partial charge < -0.3 is 0 Å². The highest BCUT2D eigenvalue weighted by atomic mass is 33.1. The summed E-state index contributed by atoms with van der Waals surface area (Å²) in [6.07, 6.45) is 1.43. The normalized spacial score (nSPS) is 14.3. The highest BCUT2D eigenvalue weighted by molar-refractivity contribution is 8.76. The fraction of sp³-hybridized carbons (Fsp3) is 0.538. The average molecular weight is 573 g/mol. The number of nitrogens with one attached hydrogen (secondary N) is 2. The molecule has 0 spiro atoms. The minimum Gasteiger partial charge on any atom is -0.207 e. The van der Waals surface area contributed by atoms with Gasteiger partial charge in [-0.05, 0) is 62.8 Å². The van der Waals surface area contributed by atoms with Crippen LogP contribution in [0.3, 0.4) is 0 Å². The Hall–Kier alpha value is -1.04. The zero-order valence-electron chi connectivity index (χ0n) is 22.0. The molecule has 10 heteroatoms. The maximum Gasteiger partial charge on any atom is 0.240 e. The third-order valence-corrected chi connectivity index (χ3v) is 11.1. The monoisotopic (exact) mass is 572 g/mol. The summed E-state index contributed by atoms with van der Waals surface area (Å²) in [6, 6.07) is 13.2. The van der Waals surface area contributed by atoms with Crippen molar-refractivity contribution in [1.82, 2.24) is 9.44 Å². The summed E-state index contributed by atoms with van der Waals surface area (Å²) >= 11 is 0. The van der Waals surface area contributed by atoms with Gasteiger partial charge in [0, 0.05) is 23.6 Å². The van der Waals surface area contributed by atoms with E-state index in [1.54, 1.807) is 70.1 Å². The van der Waals surface area contributed by atoms with Crippen LogP contribution in [0.2, 0.25) is 0 Å². The van der Waals surface area contributed by atoms with Gasteiger partial charge in [-0.15, -0.1) is 0 Å². The molecule has 2 N–H and O–H groups in total. The lowest BCUT2D eigenvalue weighted by molar-refractivity contribution is 0.485. The molecule has 2 rings (SSSR count). The van der Waals surface area contributed by atoms with Crippen molar-refractivity contribution in [3.8, 4) is 0 Å². The van der Waals surface area contributed by atoms with E-state index in [9.17, 15) is 16.8 Å². The van der Waals surface area contributed by atoms with Crippen LogP contribution in [0.4, 0.5) is 0 Å². The van der Waals surface area contributed by atoms with Gasteiger partial charge in [-0.3, -0.25) is 0 Å². The van der Waals surface area contributed by atoms with Crippen molar-refractivity contribution < 1.29 is 16.8 Å². The predicted octanol–water partition coefficient (Wildman–Crippen LogP) is 5.77. The molecule has 0 heterocycles. The van der Waals surface area contributed by atoms with E-state index >= 15 is 0 Å². The summed E-state index contributed by atoms with van der Waals surface area (Å²) in [7, 11) is -4.08. The third-order valence-electron chi connectivity index (χ3n) is 5.44. The van der Waals surface area contributed by atoms with Gasteiger partial charge >= 0.3 is 0 Å². The SMILES string of the molecule is Cc1ccc(S(=O)(=O)N[C@H](CSSC[C@H](CC(C)C)NS(=O)(=O)c2ccc(C)cc2)CC(C)C)cc1. The molecule has 0 aliphatic rings. The minimum absolute atomic E-state index is 0.221. The summed E-state index contributed by atoms with van der Waals surface area (Å²) in [6.45, 7) is 12.1. The Kier molecular flexibility index (Phi) is 12.3. The lowest BCUT2D eigenvalue weighted by Crippen LogP contribution is -2.38. The maximum atomic E-state index is 12.9. The van der Waals surface area contributed by atoms with Gasteiger partial charge in [0.1, 0.15) is 0 Å². The molecule has 0 fully saturated rings. The van der Waals surface area contributed by atoms with Crippen molar-refractivity contribution in [3.63, 3.8) is 0 Å². The second kappa shape index (κ2) is 14.2. The number of sulfonamides is 2. The number of rotatable bonds is 15. The molecule has 2 aromatic rings. The summed E-state index contributed by atoms with van der Waals surface area (Å²) in [4.78, 5) is 0.532. The van der Waals surface area contributed by atoms with Gasteiger partial charge in [-0.1, -0.05) is 84.7 Å². The van der Waals surface area contributed by atoms with Crippen molar-refractivity contribution in [2.24, 2.45) is 11.8 Å². The third kappa shape index (κ3) is 10.8. The van der Waals surface area contributed by atoms with E-state index in [0.717, 1.165) is 11.1 Å². The first-order valence-corrected chi connectivity index (χ1v) is 17.7. The smallest absolute Gasteiger partial charge is 0.207 e. The van der Waals surface area contributed by atoms with Crippen LogP contribution in [0, 0.1) is 25.7 Å². The first-order chi connectivity index (χ1) is 16.8. The van der Waals surface area contributed by atoms with E-state index in [2.05, 4.69) is 37.1 Å². The first-order valence-electron chi connectivity index (χ1n) is 12.2. The number of hydrogen-bond acceptors (Lipinski definition) is 6. The molecule has 0 radical (unpaired) electrons. The largest absolute Gasteiger partial charge is 0.240 e. The predicted molar refractivity (Wildman–Crippen MR) is 154 cm³/mol. The minimum atomic E-state index is -3.61. The standard InChI is InChI=1S/C26H40N2O4S4/c1-19(2)15-23(27-35(29,30)25-11-7-21(5)8-12-25)17-33-34-18-24(16-20(3)4)28-36(31,32)26-13-9-22(6)10-14-26/h7-14,19-20,23-24,27-28H,15-18H2,1-6H3/t23-,24-/m0/s1. The zero-order valence-corrected chi connectivity index (χ0v) is 25.3. The molecule has 202 valence electrons. The summed E-state index contributed by atoms with van der Waals surface area (Å²) in [5.41, 5.74) is 2.02. The first kappa shape index (κ1) is 31.2. The molecule has 0 aromatic heterocycles. The van der Waals surface area contributed by atoms with E-state index < -0.39 is 20.0 Å². The van der Waals surface area contributed by atoms with Crippen LogP contribution < -0.4 is 9.44 Å². The van der Waals surface area contributed by atoms with Crippen molar-refractivity contribution in [1.29, 1.82) is 0 Å². The summed E-state index contributed by atoms with van der Waals surface area (Å²) in [5.74, 6) is 1.84. The van der Waals surface area contributed by atoms with Crippen LogP contribution in [0.15, 0.2) is 58.3 Å². The molecule has 0 bridgehead atoms. The Morgan fingerprint density at radius 3 is 1.19 bits per heavy atom. The van der Waals surface area contributed by atoms with Gasteiger partial charge in [0.05, 0.1) is 9.79 Å². The second-order valence-corrected chi connectivity index (χ2v) is 16.1. The van der Waals surface area contributed by atoms with E-state index in [1.165, 1.54) is 0 Å². The van der Waals surface area contributed by atoms with Crippen LogP contribution in [0.5, 0.6) is 0 Å². The van der Waals surface area contributed by atoms with Gasteiger partial charge in [0.15, 0.2) is 0 Å². The molecule has 2 atom stereocenters. The van der Waals surface area contributed by atoms with Crippen LogP contribution in [0.1, 0.15) is 51.7 Å². The molecule has 0 saturated carbocycles. The quantitative estimate of drug-likeness (QED) is 0.208. The molecule has 6 nitrogen and oxygen atoms in total. The number of aryl methyl sites for hydroxylation is 2. The Labute approximate surface area is 226 Å². The summed E-state index contributed by atoms with van der Waals surface area (Å²) in [5, 5.41) is 0. The van der Waals surface area contributed by atoms with Gasteiger partial charge in [0.25, 0.3) is 0 Å². The maximum absolute atomic E-state index is 12.9. The highest BCUT2D eigenvalue weighted by Crippen LogP contribution is 2.27. The summed E-state index contributed by atoms with van der Waals surface area (Å²) < 4.78 is 57.4. The molecular formula is C26H40N2O4S4. The van der Waals surface area contributed by atoms with Crippen molar-refractivity contribution >= 4 is 41.6 Å². The molecule has 0 saturated heterocycles. The fourth-order valence-electron chi connectivity index (χ4n) is 3.71. The Morgan fingerprint density at radius 2 is 0.917 bits per heavy atom. The molecule has 0 aliphatic carbocycles. The van der Waals surface area contributed by atoms with Crippen LogP contribution in [-0.4, -0.2) is 40.4 Å². The van der Waals surface area contributed by atoms with E-state index in [1.807, 2.05) is 13.8 Å².